The lowest BCUT2D eigenvalue weighted by Gasteiger charge is -2.37. The average Bonchev–Trinajstić information content (AvgIpc) is 2.42. The molecule has 1 unspecified atom stereocenters. The minimum atomic E-state index is 0.370. The van der Waals surface area contributed by atoms with Crippen LogP contribution in [0.5, 0.6) is 0 Å². The first-order valence-electron chi connectivity index (χ1n) is 7.21. The second kappa shape index (κ2) is 6.35. The topological polar surface area (TPSA) is 29.3 Å². The molecule has 2 rings (SSSR count). The van der Waals surface area contributed by atoms with Crippen LogP contribution in [0.15, 0.2) is 24.3 Å². The van der Waals surface area contributed by atoms with E-state index in [-0.39, 0.29) is 0 Å². The van der Waals surface area contributed by atoms with Crippen molar-refractivity contribution in [2.75, 3.05) is 13.6 Å². The molecule has 0 aromatic heterocycles. The van der Waals surface area contributed by atoms with Crippen LogP contribution in [0.3, 0.4) is 0 Å². The average molecular weight is 246 g/mol. The first-order valence-corrected chi connectivity index (χ1v) is 7.21. The molecule has 1 fully saturated rings. The maximum atomic E-state index is 6.04. The summed E-state index contributed by atoms with van der Waals surface area (Å²) < 4.78 is 0. The Hall–Kier alpha value is -0.860. The molecular formula is C16H26N2. The van der Waals surface area contributed by atoms with Crippen LogP contribution in [0.4, 0.5) is 0 Å². The van der Waals surface area contributed by atoms with Crippen molar-refractivity contribution in [3.8, 4) is 0 Å². The second-order valence-corrected chi connectivity index (χ2v) is 5.57. The van der Waals surface area contributed by atoms with Crippen LogP contribution in [0.1, 0.15) is 49.3 Å². The lowest BCUT2D eigenvalue weighted by molar-refractivity contribution is 0.140. The number of benzene rings is 1. The van der Waals surface area contributed by atoms with E-state index in [2.05, 4.69) is 43.1 Å². The number of hydrogen-bond acceptors (Lipinski definition) is 2. The summed E-state index contributed by atoms with van der Waals surface area (Å²) in [5, 5.41) is 0. The van der Waals surface area contributed by atoms with E-state index in [1.807, 2.05) is 0 Å². The highest BCUT2D eigenvalue weighted by Crippen LogP contribution is 2.29. The first-order chi connectivity index (χ1) is 8.74. The smallest absolute Gasteiger partial charge is 0.0472 e. The van der Waals surface area contributed by atoms with Gasteiger partial charge >= 0.3 is 0 Å². The number of nitrogens with zero attached hydrogens (tertiary/aromatic N) is 1. The summed E-state index contributed by atoms with van der Waals surface area (Å²) in [4.78, 5) is 2.52. The SMILES string of the molecule is Cc1ccccc1C(CN)N(C)C1CCCCC1. The molecule has 0 spiro atoms. The van der Waals surface area contributed by atoms with Crippen LogP contribution in [-0.2, 0) is 0 Å². The molecule has 1 aromatic rings. The predicted octanol–water partition coefficient (Wildman–Crippen LogP) is 3.26. The van der Waals surface area contributed by atoms with Crippen LogP contribution in [0.2, 0.25) is 0 Å². The van der Waals surface area contributed by atoms with Gasteiger partial charge in [0.05, 0.1) is 0 Å². The first kappa shape index (κ1) is 13.6. The molecule has 2 N–H and O–H groups in total. The standard InChI is InChI=1S/C16H26N2/c1-13-8-6-7-11-15(13)16(12-17)18(2)14-9-4-3-5-10-14/h6-8,11,14,16H,3-5,9-10,12,17H2,1-2H3. The fourth-order valence-electron chi connectivity index (χ4n) is 3.22. The van der Waals surface area contributed by atoms with Crippen LogP contribution >= 0.6 is 0 Å². The fourth-order valence-corrected chi connectivity index (χ4v) is 3.22. The molecule has 0 saturated heterocycles. The predicted molar refractivity (Wildman–Crippen MR) is 77.6 cm³/mol. The number of likely N-dealkylation sites (N-methyl/N-ethyl adjacent to an activating group) is 1. The van der Waals surface area contributed by atoms with Gasteiger partial charge in [0, 0.05) is 18.6 Å². The van der Waals surface area contributed by atoms with Crippen LogP contribution in [0, 0.1) is 6.92 Å². The molecular weight excluding hydrogens is 220 g/mol. The summed E-state index contributed by atoms with van der Waals surface area (Å²) in [5.74, 6) is 0. The zero-order valence-electron chi connectivity index (χ0n) is 11.7. The number of hydrogen-bond donors (Lipinski definition) is 1. The Bertz CT molecular complexity index is 369. The van der Waals surface area contributed by atoms with Gasteiger partial charge < -0.3 is 5.73 Å². The van der Waals surface area contributed by atoms with E-state index in [1.165, 1.54) is 43.2 Å². The molecule has 0 amide bonds. The molecule has 0 bridgehead atoms. The van der Waals surface area contributed by atoms with E-state index in [0.29, 0.717) is 18.6 Å². The Balaban J connectivity index is 2.14. The second-order valence-electron chi connectivity index (χ2n) is 5.57. The highest BCUT2D eigenvalue weighted by atomic mass is 15.2. The number of aryl methyl sites for hydroxylation is 1. The van der Waals surface area contributed by atoms with Gasteiger partial charge in [0.25, 0.3) is 0 Å². The van der Waals surface area contributed by atoms with E-state index in [0.717, 1.165) is 0 Å². The molecule has 1 atom stereocenters. The molecule has 1 aromatic carbocycles. The molecule has 1 saturated carbocycles. The van der Waals surface area contributed by atoms with Gasteiger partial charge in [-0.1, -0.05) is 43.5 Å². The molecule has 0 aliphatic heterocycles. The zero-order chi connectivity index (χ0) is 13.0. The highest BCUT2D eigenvalue weighted by molar-refractivity contribution is 5.29. The summed E-state index contributed by atoms with van der Waals surface area (Å²) in [6, 6.07) is 9.73. The molecule has 2 nitrogen and oxygen atoms in total. The largest absolute Gasteiger partial charge is 0.329 e. The van der Waals surface area contributed by atoms with Gasteiger partial charge in [-0.3, -0.25) is 4.90 Å². The number of nitrogens with two attached hydrogens (primary N) is 1. The van der Waals surface area contributed by atoms with Crippen LogP contribution in [-0.4, -0.2) is 24.5 Å². The zero-order valence-corrected chi connectivity index (χ0v) is 11.7. The van der Waals surface area contributed by atoms with E-state index in [9.17, 15) is 0 Å². The van der Waals surface area contributed by atoms with Crippen molar-refractivity contribution in [2.45, 2.75) is 51.1 Å². The van der Waals surface area contributed by atoms with E-state index >= 15 is 0 Å². The number of rotatable bonds is 4. The molecule has 1 aliphatic carbocycles. The summed E-state index contributed by atoms with van der Waals surface area (Å²) >= 11 is 0. The molecule has 1 aliphatic rings. The molecule has 18 heavy (non-hydrogen) atoms. The third-order valence-electron chi connectivity index (χ3n) is 4.41. The van der Waals surface area contributed by atoms with Gasteiger partial charge in [0.15, 0.2) is 0 Å². The molecule has 0 radical (unpaired) electrons. The lowest BCUT2D eigenvalue weighted by Crippen LogP contribution is -2.39. The van der Waals surface area contributed by atoms with Gasteiger partial charge in [0.1, 0.15) is 0 Å². The van der Waals surface area contributed by atoms with Gasteiger partial charge in [-0.05, 0) is 37.9 Å². The fraction of sp³-hybridized carbons (Fsp3) is 0.625. The van der Waals surface area contributed by atoms with Gasteiger partial charge in [-0.25, -0.2) is 0 Å². The molecule has 0 heterocycles. The Labute approximate surface area is 111 Å². The lowest BCUT2D eigenvalue weighted by atomic mass is 9.91. The van der Waals surface area contributed by atoms with Gasteiger partial charge in [-0.15, -0.1) is 0 Å². The van der Waals surface area contributed by atoms with Crippen molar-refractivity contribution in [1.29, 1.82) is 0 Å². The summed E-state index contributed by atoms with van der Waals surface area (Å²) in [5.41, 5.74) is 8.79. The van der Waals surface area contributed by atoms with E-state index in [1.54, 1.807) is 0 Å². The van der Waals surface area contributed by atoms with E-state index in [4.69, 9.17) is 5.73 Å². The van der Waals surface area contributed by atoms with Gasteiger partial charge in [-0.2, -0.15) is 0 Å². The van der Waals surface area contributed by atoms with Crippen molar-refractivity contribution >= 4 is 0 Å². The summed E-state index contributed by atoms with van der Waals surface area (Å²) in [6.45, 7) is 2.89. The van der Waals surface area contributed by atoms with Gasteiger partial charge in [0.2, 0.25) is 0 Å². The Morgan fingerprint density at radius 1 is 1.22 bits per heavy atom. The van der Waals surface area contributed by atoms with Crippen molar-refractivity contribution in [2.24, 2.45) is 5.73 Å². The summed E-state index contributed by atoms with van der Waals surface area (Å²) in [7, 11) is 2.25. The highest BCUT2D eigenvalue weighted by Gasteiger charge is 2.25. The van der Waals surface area contributed by atoms with Crippen LogP contribution < -0.4 is 5.73 Å². The molecule has 2 heteroatoms. The van der Waals surface area contributed by atoms with Crippen LogP contribution in [0.25, 0.3) is 0 Å². The Morgan fingerprint density at radius 2 is 1.89 bits per heavy atom. The summed E-state index contributed by atoms with van der Waals surface area (Å²) in [6.07, 6.45) is 6.82. The minimum Gasteiger partial charge on any atom is -0.329 e. The quantitative estimate of drug-likeness (QED) is 0.883. The maximum absolute atomic E-state index is 6.04. The third-order valence-corrected chi connectivity index (χ3v) is 4.41. The van der Waals surface area contributed by atoms with E-state index < -0.39 is 0 Å². The molecule has 100 valence electrons. The van der Waals surface area contributed by atoms with Crippen molar-refractivity contribution in [3.63, 3.8) is 0 Å². The normalized spacial score (nSPS) is 19.1. The third kappa shape index (κ3) is 2.93. The monoisotopic (exact) mass is 246 g/mol. The van der Waals surface area contributed by atoms with Crippen molar-refractivity contribution < 1.29 is 0 Å². The van der Waals surface area contributed by atoms with Crippen molar-refractivity contribution in [3.05, 3.63) is 35.4 Å². The Kier molecular flexibility index (Phi) is 4.79. The Morgan fingerprint density at radius 3 is 2.50 bits per heavy atom. The maximum Gasteiger partial charge on any atom is 0.0472 e. The van der Waals surface area contributed by atoms with Crippen molar-refractivity contribution in [1.82, 2.24) is 4.90 Å². The minimum absolute atomic E-state index is 0.370.